The number of hydrogen-bond acceptors (Lipinski definition) is 12. The Morgan fingerprint density at radius 3 is 1.07 bits per heavy atom. The summed E-state index contributed by atoms with van der Waals surface area (Å²) in [4.78, 5) is 29.3. The highest BCUT2D eigenvalue weighted by Gasteiger charge is 2.44. The number of hydrogen-bond donors (Lipinski definition) is 0. The molecule has 6 aliphatic rings. The maximum atomic E-state index is 12.3. The second-order valence-corrected chi connectivity index (χ2v) is 19.9. The fraction of sp³-hybridized carbons (Fsp3) is 0.933. The number of carbonyl (C=O) groups is 2. The van der Waals surface area contributed by atoms with Crippen molar-refractivity contribution in [1.29, 1.82) is 0 Å². The van der Waals surface area contributed by atoms with Crippen LogP contribution in [0.5, 0.6) is 0 Å². The number of carbonyl (C=O) groups excluding carboxylic acids is 2. The highest BCUT2D eigenvalue weighted by Crippen LogP contribution is 2.25. The van der Waals surface area contributed by atoms with E-state index in [-0.39, 0.29) is 0 Å². The van der Waals surface area contributed by atoms with Crippen LogP contribution in [0, 0.1) is 0 Å². The minimum atomic E-state index is -2.56. The third-order valence-corrected chi connectivity index (χ3v) is 16.5. The molecule has 6 rings (SSSR count). The van der Waals surface area contributed by atoms with Crippen LogP contribution in [0.25, 0.3) is 0 Å². The van der Waals surface area contributed by atoms with Crippen LogP contribution < -0.4 is 0 Å². The second-order valence-electron chi connectivity index (χ2n) is 12.1. The first kappa shape index (κ1) is 37.0. The van der Waals surface area contributed by atoms with E-state index in [1.54, 1.807) is 0 Å². The molecule has 0 aromatic carbocycles. The summed E-state index contributed by atoms with van der Waals surface area (Å²) in [5.41, 5.74) is 0. The molecule has 14 heteroatoms. The van der Waals surface area contributed by atoms with Crippen LogP contribution in [0.1, 0.15) is 77.0 Å². The Bertz CT molecular complexity index is 730. The number of thioether (sulfide) groups is 2. The summed E-state index contributed by atoms with van der Waals surface area (Å²) in [5, 5.41) is 0.607. The Hall–Kier alpha value is 0.154. The van der Waals surface area contributed by atoms with Crippen molar-refractivity contribution in [2.24, 2.45) is 0 Å². The average Bonchev–Trinajstić information content (AvgIpc) is 2.95. The zero-order valence-electron chi connectivity index (χ0n) is 26.8. The highest BCUT2D eigenvalue weighted by molar-refractivity contribution is 8.13. The molecule has 0 spiro atoms. The van der Waals surface area contributed by atoms with Gasteiger partial charge in [-0.2, -0.15) is 0 Å². The van der Waals surface area contributed by atoms with Crippen molar-refractivity contribution >= 4 is 51.4 Å². The lowest BCUT2D eigenvalue weighted by molar-refractivity contribution is -0.111. The Morgan fingerprint density at radius 1 is 0.455 bits per heavy atom. The van der Waals surface area contributed by atoms with E-state index in [9.17, 15) is 9.59 Å². The minimum absolute atomic E-state index is 0.304. The van der Waals surface area contributed by atoms with Gasteiger partial charge >= 0.3 is 17.6 Å². The van der Waals surface area contributed by atoms with Crippen LogP contribution >= 0.6 is 23.5 Å². The summed E-state index contributed by atoms with van der Waals surface area (Å²) >= 11 is 2.92. The molecule has 0 radical (unpaired) electrons. The Kier molecular flexibility index (Phi) is 17.8. The van der Waals surface area contributed by atoms with Gasteiger partial charge in [0, 0.05) is 75.7 Å². The van der Waals surface area contributed by atoms with Crippen molar-refractivity contribution in [3.05, 3.63) is 0 Å². The molecule has 6 fully saturated rings. The molecule has 6 heterocycles. The van der Waals surface area contributed by atoms with Gasteiger partial charge in [0.05, 0.1) is 39.6 Å². The third kappa shape index (κ3) is 14.1. The first-order valence-electron chi connectivity index (χ1n) is 17.2. The van der Waals surface area contributed by atoms with Gasteiger partial charge in [-0.25, -0.2) is 0 Å². The van der Waals surface area contributed by atoms with E-state index in [2.05, 4.69) is 9.80 Å². The lowest BCUT2D eigenvalue weighted by Crippen LogP contribution is -2.55. The van der Waals surface area contributed by atoms with E-state index >= 15 is 0 Å². The Morgan fingerprint density at radius 2 is 0.750 bits per heavy atom. The van der Waals surface area contributed by atoms with Crippen molar-refractivity contribution in [3.63, 3.8) is 0 Å². The maximum absolute atomic E-state index is 12.3. The molecule has 0 aliphatic carbocycles. The second kappa shape index (κ2) is 21.2. The number of rotatable bonds is 19. The summed E-state index contributed by atoms with van der Waals surface area (Å²) in [7, 11) is -5.11. The fourth-order valence-corrected chi connectivity index (χ4v) is 13.2. The molecular formula is C30H56N2O8S2Si2. The lowest BCUT2D eigenvalue weighted by atomic mass is 10.1. The van der Waals surface area contributed by atoms with Crippen LogP contribution in [-0.2, 0) is 36.1 Å². The molecule has 0 unspecified atom stereocenters. The Labute approximate surface area is 276 Å². The summed E-state index contributed by atoms with van der Waals surface area (Å²) in [6.07, 6.45) is 12.1. The molecule has 6 aliphatic heterocycles. The quantitative estimate of drug-likeness (QED) is 0.137. The van der Waals surface area contributed by atoms with Crippen molar-refractivity contribution in [1.82, 2.24) is 9.80 Å². The van der Waals surface area contributed by atoms with Gasteiger partial charge in [0.2, 0.25) is 0 Å². The van der Waals surface area contributed by atoms with Crippen LogP contribution in [-0.4, -0.2) is 128 Å². The van der Waals surface area contributed by atoms with E-state index in [1.807, 2.05) is 0 Å². The largest absolute Gasteiger partial charge is 0.501 e. The Balaban J connectivity index is 0.904. The third-order valence-electron chi connectivity index (χ3n) is 8.67. The molecule has 0 aromatic rings. The zero-order valence-corrected chi connectivity index (χ0v) is 30.4. The first-order chi connectivity index (χ1) is 21.6. The first-order valence-corrected chi connectivity index (χ1v) is 23.0. The minimum Gasteiger partial charge on any atom is -0.372 e. The molecule has 6 saturated heterocycles. The maximum Gasteiger partial charge on any atom is 0.501 e. The van der Waals surface area contributed by atoms with Crippen molar-refractivity contribution in [3.8, 4) is 0 Å². The summed E-state index contributed by atoms with van der Waals surface area (Å²) in [6.45, 7) is 9.85. The fourth-order valence-electron chi connectivity index (χ4n) is 6.03. The molecule has 10 nitrogen and oxygen atoms in total. The topological polar surface area (TPSA) is 96.0 Å². The number of fused-ring (bicyclic) bond motifs is 12. The van der Waals surface area contributed by atoms with Gasteiger partial charge < -0.3 is 26.6 Å². The van der Waals surface area contributed by atoms with E-state index in [0.717, 1.165) is 101 Å². The molecule has 0 N–H and O–H groups in total. The van der Waals surface area contributed by atoms with Gasteiger partial charge in [0.1, 0.15) is 0 Å². The molecule has 254 valence electrons. The van der Waals surface area contributed by atoms with E-state index in [0.29, 0.717) is 62.7 Å². The van der Waals surface area contributed by atoms with Crippen LogP contribution in [0.2, 0.25) is 12.1 Å². The molecule has 44 heavy (non-hydrogen) atoms. The molecule has 0 saturated carbocycles. The van der Waals surface area contributed by atoms with Gasteiger partial charge in [0.25, 0.3) is 0 Å². The van der Waals surface area contributed by atoms with Crippen molar-refractivity contribution in [2.75, 3.05) is 90.4 Å². The highest BCUT2D eigenvalue weighted by atomic mass is 32.2. The summed E-state index contributed by atoms with van der Waals surface area (Å²) in [5.74, 6) is 1.63. The smallest absolute Gasteiger partial charge is 0.372 e. The lowest BCUT2D eigenvalue weighted by Gasteiger charge is -2.38. The van der Waals surface area contributed by atoms with Crippen LogP contribution in [0.15, 0.2) is 0 Å². The van der Waals surface area contributed by atoms with E-state index in [1.165, 1.54) is 49.2 Å². The monoisotopic (exact) mass is 692 g/mol. The van der Waals surface area contributed by atoms with Gasteiger partial charge in [-0.1, -0.05) is 62.0 Å². The predicted octanol–water partition coefficient (Wildman–Crippen LogP) is 4.82. The molecule has 0 atom stereocenters. The standard InChI is InChI=1S/C30H56N2O8S2Si2/c33-29(41-25-9-27-43-35-19-13-31(14-20-36-43)15-21-37-43)11-7-5-3-1-2-4-6-8-12-30(34)42-26-10-28-44-38-22-16-32(17-23-39-44)18-24-40-44/h1-28H2. The summed E-state index contributed by atoms with van der Waals surface area (Å²) < 4.78 is 36.5. The molecular weight excluding hydrogens is 637 g/mol. The number of nitrogens with zero attached hydrogens (tertiary/aromatic N) is 2. The SMILES string of the molecule is O=C(CCCCCCCCCCC(=O)SCCC[Si]12OCCN(CCO1)CCO2)SCCC[Si]12OCCN(CCO1)CCO2. The van der Waals surface area contributed by atoms with Crippen LogP contribution in [0.4, 0.5) is 0 Å². The average molecular weight is 693 g/mol. The normalized spacial score (nSPS) is 29.3. The van der Waals surface area contributed by atoms with Crippen molar-refractivity contribution in [2.45, 2.75) is 89.1 Å². The van der Waals surface area contributed by atoms with E-state index < -0.39 is 17.6 Å². The molecule has 4 bridgehead atoms. The predicted molar refractivity (Wildman–Crippen MR) is 180 cm³/mol. The van der Waals surface area contributed by atoms with Gasteiger partial charge in [-0.15, -0.1) is 0 Å². The van der Waals surface area contributed by atoms with Crippen LogP contribution in [0.3, 0.4) is 0 Å². The van der Waals surface area contributed by atoms with Gasteiger partial charge in [-0.3, -0.25) is 19.4 Å². The zero-order chi connectivity index (χ0) is 30.8. The molecule has 0 amide bonds. The summed E-state index contributed by atoms with van der Waals surface area (Å²) in [6, 6.07) is 1.62. The van der Waals surface area contributed by atoms with Gasteiger partial charge in [-0.05, 0) is 25.7 Å². The van der Waals surface area contributed by atoms with E-state index in [4.69, 9.17) is 26.6 Å². The van der Waals surface area contributed by atoms with Crippen molar-refractivity contribution < 1.29 is 36.1 Å². The molecule has 0 aromatic heterocycles. The van der Waals surface area contributed by atoms with Gasteiger partial charge in [0.15, 0.2) is 10.2 Å². The number of unbranched alkanes of at least 4 members (excludes halogenated alkanes) is 7.